The van der Waals surface area contributed by atoms with E-state index < -0.39 is 5.97 Å². The summed E-state index contributed by atoms with van der Waals surface area (Å²) in [6, 6.07) is 10.6. The smallest absolute Gasteiger partial charge is 0.341 e. The summed E-state index contributed by atoms with van der Waals surface area (Å²) in [6.07, 6.45) is 0. The molecule has 0 spiro atoms. The summed E-state index contributed by atoms with van der Waals surface area (Å²) in [6.45, 7) is 3.81. The summed E-state index contributed by atoms with van der Waals surface area (Å²) in [7, 11) is 0. The van der Waals surface area contributed by atoms with E-state index in [0.717, 1.165) is 17.3 Å². The molecule has 0 unspecified atom stereocenters. The van der Waals surface area contributed by atoms with Crippen molar-refractivity contribution in [2.75, 3.05) is 18.1 Å². The Balaban J connectivity index is 2.18. The number of aryl methyl sites for hydroxylation is 1. The molecule has 0 aliphatic rings. The highest BCUT2D eigenvalue weighted by molar-refractivity contribution is 8.00. The molecule has 0 saturated heterocycles. The number of carbonyl (C=O) groups excluding carboxylic acids is 2. The average molecular weight is 355 g/mol. The third kappa shape index (κ3) is 4.58. The standard InChI is InChI=1S/C18H17N3O3S/c1-3-24-18(23)14-8-13(9-19)17(21-16(14)20)25-10-15(22)12-6-4-11(2)5-7-12/h4-8H,3,10H2,1-2H3,(H2,20,21). The molecule has 0 radical (unpaired) electrons. The Kier molecular flexibility index (Phi) is 6.14. The summed E-state index contributed by atoms with van der Waals surface area (Å²) >= 11 is 1.11. The van der Waals surface area contributed by atoms with Crippen molar-refractivity contribution in [1.29, 1.82) is 5.26 Å². The van der Waals surface area contributed by atoms with Crippen LogP contribution in [-0.4, -0.2) is 29.1 Å². The van der Waals surface area contributed by atoms with E-state index in [4.69, 9.17) is 10.5 Å². The molecule has 2 N–H and O–H groups in total. The Morgan fingerprint density at radius 2 is 2.00 bits per heavy atom. The topological polar surface area (TPSA) is 106 Å². The minimum Gasteiger partial charge on any atom is -0.462 e. The molecule has 0 amide bonds. The van der Waals surface area contributed by atoms with Crippen LogP contribution in [0.25, 0.3) is 0 Å². The van der Waals surface area contributed by atoms with E-state index in [0.29, 0.717) is 10.6 Å². The van der Waals surface area contributed by atoms with E-state index in [-0.39, 0.29) is 35.1 Å². The molecule has 0 bridgehead atoms. The van der Waals surface area contributed by atoms with Crippen LogP contribution in [-0.2, 0) is 4.74 Å². The Bertz CT molecular complexity index is 842. The Morgan fingerprint density at radius 3 is 2.60 bits per heavy atom. The van der Waals surface area contributed by atoms with Gasteiger partial charge in [0.1, 0.15) is 22.5 Å². The van der Waals surface area contributed by atoms with Crippen LogP contribution in [0.2, 0.25) is 0 Å². The zero-order valence-corrected chi connectivity index (χ0v) is 14.7. The number of pyridine rings is 1. The molecule has 0 aliphatic carbocycles. The van der Waals surface area contributed by atoms with Gasteiger partial charge in [-0.15, -0.1) is 0 Å². The molecule has 0 fully saturated rings. The van der Waals surface area contributed by atoms with Crippen molar-refractivity contribution < 1.29 is 14.3 Å². The van der Waals surface area contributed by atoms with Crippen molar-refractivity contribution in [1.82, 2.24) is 4.98 Å². The maximum absolute atomic E-state index is 12.2. The second-order valence-electron chi connectivity index (χ2n) is 5.18. The maximum atomic E-state index is 12.2. The number of rotatable bonds is 6. The number of nitrogens with two attached hydrogens (primary N) is 1. The number of ether oxygens (including phenoxy) is 1. The van der Waals surface area contributed by atoms with Gasteiger partial charge in [0.25, 0.3) is 0 Å². The average Bonchev–Trinajstić information content (AvgIpc) is 2.60. The molecule has 7 heteroatoms. The molecule has 2 rings (SSSR count). The van der Waals surface area contributed by atoms with E-state index >= 15 is 0 Å². The summed E-state index contributed by atoms with van der Waals surface area (Å²) in [5.74, 6) is -0.620. The molecule has 128 valence electrons. The van der Waals surface area contributed by atoms with Crippen LogP contribution < -0.4 is 5.73 Å². The van der Waals surface area contributed by atoms with Gasteiger partial charge >= 0.3 is 5.97 Å². The van der Waals surface area contributed by atoms with Crippen molar-refractivity contribution in [3.05, 3.63) is 52.6 Å². The fourth-order valence-corrected chi connectivity index (χ4v) is 2.89. The van der Waals surface area contributed by atoms with Gasteiger partial charge in [-0.25, -0.2) is 9.78 Å². The van der Waals surface area contributed by atoms with Gasteiger partial charge in [0, 0.05) is 5.56 Å². The van der Waals surface area contributed by atoms with Gasteiger partial charge in [-0.1, -0.05) is 41.6 Å². The lowest BCUT2D eigenvalue weighted by molar-refractivity contribution is 0.0527. The van der Waals surface area contributed by atoms with E-state index in [2.05, 4.69) is 4.98 Å². The molecular weight excluding hydrogens is 338 g/mol. The number of thioether (sulfide) groups is 1. The number of hydrogen-bond acceptors (Lipinski definition) is 7. The third-order valence-corrected chi connectivity index (χ3v) is 4.34. The van der Waals surface area contributed by atoms with Crippen LogP contribution in [0.3, 0.4) is 0 Å². The predicted octanol–water partition coefficient (Wildman–Crippen LogP) is 3.00. The quantitative estimate of drug-likeness (QED) is 0.482. The van der Waals surface area contributed by atoms with Crippen molar-refractivity contribution in [3.8, 4) is 6.07 Å². The summed E-state index contributed by atoms with van der Waals surface area (Å²) in [5.41, 5.74) is 7.68. The normalized spacial score (nSPS) is 10.1. The first-order valence-electron chi connectivity index (χ1n) is 7.56. The molecule has 1 aromatic heterocycles. The number of esters is 1. The first-order chi connectivity index (χ1) is 12.0. The van der Waals surface area contributed by atoms with Gasteiger partial charge in [0.15, 0.2) is 5.78 Å². The second-order valence-corrected chi connectivity index (χ2v) is 6.15. The lowest BCUT2D eigenvalue weighted by atomic mass is 10.1. The van der Waals surface area contributed by atoms with E-state index in [9.17, 15) is 14.9 Å². The summed E-state index contributed by atoms with van der Waals surface area (Å²) in [5, 5.41) is 9.59. The molecule has 1 heterocycles. The van der Waals surface area contributed by atoms with Crippen LogP contribution in [0.15, 0.2) is 35.4 Å². The number of nitrogen functional groups attached to an aromatic ring is 1. The number of nitrogens with zero attached hydrogens (tertiary/aromatic N) is 2. The molecule has 2 aromatic rings. The van der Waals surface area contributed by atoms with E-state index in [1.54, 1.807) is 19.1 Å². The van der Waals surface area contributed by atoms with Crippen molar-refractivity contribution in [2.45, 2.75) is 18.9 Å². The largest absolute Gasteiger partial charge is 0.462 e. The number of carbonyl (C=O) groups is 2. The van der Waals surface area contributed by atoms with E-state index in [1.165, 1.54) is 6.07 Å². The highest BCUT2D eigenvalue weighted by Gasteiger charge is 2.18. The first kappa shape index (κ1) is 18.5. The molecule has 1 aromatic carbocycles. The predicted molar refractivity (Wildman–Crippen MR) is 95.6 cm³/mol. The molecule has 0 atom stereocenters. The van der Waals surface area contributed by atoms with Crippen LogP contribution >= 0.6 is 11.8 Å². The van der Waals surface area contributed by atoms with Gasteiger partial charge < -0.3 is 10.5 Å². The Hall–Kier alpha value is -2.85. The summed E-state index contributed by atoms with van der Waals surface area (Å²) < 4.78 is 4.88. The maximum Gasteiger partial charge on any atom is 0.341 e. The number of anilines is 1. The van der Waals surface area contributed by atoms with Crippen LogP contribution in [0, 0.1) is 18.3 Å². The van der Waals surface area contributed by atoms with Gasteiger partial charge in [-0.2, -0.15) is 5.26 Å². The van der Waals surface area contributed by atoms with E-state index in [1.807, 2.05) is 25.1 Å². The highest BCUT2D eigenvalue weighted by atomic mass is 32.2. The zero-order chi connectivity index (χ0) is 18.4. The molecule has 0 saturated carbocycles. The molecule has 6 nitrogen and oxygen atoms in total. The van der Waals surface area contributed by atoms with Crippen LogP contribution in [0.5, 0.6) is 0 Å². The molecule has 0 aliphatic heterocycles. The minimum atomic E-state index is -0.628. The van der Waals surface area contributed by atoms with Crippen molar-refractivity contribution in [2.24, 2.45) is 0 Å². The number of nitriles is 1. The number of hydrogen-bond donors (Lipinski definition) is 1. The van der Waals surface area contributed by atoms with Crippen molar-refractivity contribution >= 4 is 29.3 Å². The van der Waals surface area contributed by atoms with Crippen molar-refractivity contribution in [3.63, 3.8) is 0 Å². The van der Waals surface area contributed by atoms with Crippen LogP contribution in [0.1, 0.15) is 38.8 Å². The fraction of sp³-hybridized carbons (Fsp3) is 0.222. The number of benzene rings is 1. The van der Waals surface area contributed by atoms with Gasteiger partial charge in [0.05, 0.1) is 17.9 Å². The lowest BCUT2D eigenvalue weighted by Crippen LogP contribution is -2.11. The number of ketones is 1. The lowest BCUT2D eigenvalue weighted by Gasteiger charge is -2.08. The minimum absolute atomic E-state index is 0.0252. The SMILES string of the molecule is CCOC(=O)c1cc(C#N)c(SCC(=O)c2ccc(C)cc2)nc1N. The second kappa shape index (κ2) is 8.31. The Morgan fingerprint density at radius 1 is 1.32 bits per heavy atom. The highest BCUT2D eigenvalue weighted by Crippen LogP contribution is 2.25. The van der Waals surface area contributed by atoms with Gasteiger partial charge in [0.2, 0.25) is 0 Å². The first-order valence-corrected chi connectivity index (χ1v) is 8.55. The van der Waals surface area contributed by atoms with Gasteiger partial charge in [-0.3, -0.25) is 4.79 Å². The molecular formula is C18H17N3O3S. The summed E-state index contributed by atoms with van der Waals surface area (Å²) in [4.78, 5) is 28.1. The Labute approximate surface area is 150 Å². The van der Waals surface area contributed by atoms with Gasteiger partial charge in [-0.05, 0) is 19.9 Å². The fourth-order valence-electron chi connectivity index (χ4n) is 2.03. The monoisotopic (exact) mass is 355 g/mol. The number of aromatic nitrogens is 1. The number of Topliss-reactive ketones (excluding diaryl/α,β-unsaturated/α-hetero) is 1. The zero-order valence-electron chi connectivity index (χ0n) is 13.9. The molecule has 25 heavy (non-hydrogen) atoms. The van der Waals surface area contributed by atoms with Crippen LogP contribution in [0.4, 0.5) is 5.82 Å². The third-order valence-electron chi connectivity index (χ3n) is 3.35.